The molecule has 31 heavy (non-hydrogen) atoms. The molecule has 1 aliphatic rings. The van der Waals surface area contributed by atoms with Crippen LogP contribution in [0, 0.1) is 12.8 Å². The highest BCUT2D eigenvalue weighted by Gasteiger charge is 2.29. The van der Waals surface area contributed by atoms with Crippen LogP contribution in [-0.4, -0.2) is 51.8 Å². The van der Waals surface area contributed by atoms with Gasteiger partial charge in [-0.3, -0.25) is 4.79 Å². The third-order valence-electron chi connectivity index (χ3n) is 5.25. The summed E-state index contributed by atoms with van der Waals surface area (Å²) in [6.07, 6.45) is 1.92. The molecular formula is C23H32N4O4. The quantitative estimate of drug-likeness (QED) is 0.779. The SMILES string of the molecule is Cc1ccccc1-c1noc(C[C@@H]2CCCN(C(=O)[C@@H](C)NC(=O)OC(C)(C)C)C2)n1. The molecule has 168 valence electrons. The highest BCUT2D eigenvalue weighted by Crippen LogP contribution is 2.24. The van der Waals surface area contributed by atoms with E-state index in [0.717, 1.165) is 24.0 Å². The minimum atomic E-state index is -0.648. The number of hydrogen-bond acceptors (Lipinski definition) is 6. The van der Waals surface area contributed by atoms with Crippen molar-refractivity contribution >= 4 is 12.0 Å². The molecule has 3 rings (SSSR count). The van der Waals surface area contributed by atoms with Gasteiger partial charge in [0.25, 0.3) is 0 Å². The van der Waals surface area contributed by atoms with Crippen LogP contribution in [0.1, 0.15) is 52.0 Å². The van der Waals surface area contributed by atoms with Gasteiger partial charge in [-0.05, 0) is 58.9 Å². The summed E-state index contributed by atoms with van der Waals surface area (Å²) in [4.78, 5) is 31.2. The number of rotatable bonds is 5. The lowest BCUT2D eigenvalue weighted by Gasteiger charge is -2.34. The molecule has 1 aromatic carbocycles. The van der Waals surface area contributed by atoms with Crippen molar-refractivity contribution in [2.24, 2.45) is 5.92 Å². The molecule has 0 radical (unpaired) electrons. The third-order valence-corrected chi connectivity index (χ3v) is 5.25. The normalized spacial score (nSPS) is 17.8. The summed E-state index contributed by atoms with van der Waals surface area (Å²) in [7, 11) is 0. The number of alkyl carbamates (subject to hydrolysis) is 1. The van der Waals surface area contributed by atoms with Gasteiger partial charge in [0, 0.05) is 25.1 Å². The van der Waals surface area contributed by atoms with Gasteiger partial charge in [0.15, 0.2) is 0 Å². The zero-order valence-corrected chi connectivity index (χ0v) is 19.0. The van der Waals surface area contributed by atoms with E-state index in [4.69, 9.17) is 9.26 Å². The van der Waals surface area contributed by atoms with Crippen LogP contribution in [0.2, 0.25) is 0 Å². The van der Waals surface area contributed by atoms with Gasteiger partial charge < -0.3 is 19.5 Å². The number of benzene rings is 1. The lowest BCUT2D eigenvalue weighted by atomic mass is 9.94. The van der Waals surface area contributed by atoms with E-state index in [1.165, 1.54) is 0 Å². The molecule has 0 aliphatic carbocycles. The minimum absolute atomic E-state index is 0.110. The summed E-state index contributed by atoms with van der Waals surface area (Å²) >= 11 is 0. The van der Waals surface area contributed by atoms with Crippen molar-refractivity contribution in [3.8, 4) is 11.4 Å². The number of aromatic nitrogens is 2. The predicted molar refractivity (Wildman–Crippen MR) is 116 cm³/mol. The summed E-state index contributed by atoms with van der Waals surface area (Å²) in [6.45, 7) is 10.3. The average Bonchev–Trinajstić information content (AvgIpc) is 3.14. The molecule has 2 amide bonds. The van der Waals surface area contributed by atoms with Crippen molar-refractivity contribution in [1.82, 2.24) is 20.4 Å². The van der Waals surface area contributed by atoms with Gasteiger partial charge in [0.05, 0.1) is 0 Å². The summed E-state index contributed by atoms with van der Waals surface area (Å²) in [5, 5.41) is 6.76. The highest BCUT2D eigenvalue weighted by molar-refractivity contribution is 5.85. The first-order chi connectivity index (χ1) is 14.6. The standard InChI is InChI=1S/C23H32N4O4/c1-15-9-6-7-11-18(15)20-25-19(31-26-20)13-17-10-8-12-27(14-17)21(28)16(2)24-22(29)30-23(3,4)5/h6-7,9,11,16-17H,8,10,12-14H2,1-5H3,(H,24,29)/t16-,17+/m1/s1. The molecular weight excluding hydrogens is 396 g/mol. The summed E-state index contributed by atoms with van der Waals surface area (Å²) in [5.41, 5.74) is 1.44. The molecule has 8 nitrogen and oxygen atoms in total. The van der Waals surface area contributed by atoms with Crippen molar-refractivity contribution in [3.05, 3.63) is 35.7 Å². The maximum atomic E-state index is 12.8. The Labute approximate surface area is 183 Å². The van der Waals surface area contributed by atoms with Crippen LogP contribution in [0.3, 0.4) is 0 Å². The maximum Gasteiger partial charge on any atom is 0.408 e. The second-order valence-corrected chi connectivity index (χ2v) is 9.19. The van der Waals surface area contributed by atoms with Gasteiger partial charge in [-0.1, -0.05) is 29.4 Å². The van der Waals surface area contributed by atoms with Crippen molar-refractivity contribution in [2.75, 3.05) is 13.1 Å². The van der Waals surface area contributed by atoms with Gasteiger partial charge in [-0.2, -0.15) is 4.98 Å². The lowest BCUT2D eigenvalue weighted by Crippen LogP contribution is -2.51. The van der Waals surface area contributed by atoms with Gasteiger partial charge >= 0.3 is 6.09 Å². The largest absolute Gasteiger partial charge is 0.444 e. The number of piperidine rings is 1. The lowest BCUT2D eigenvalue weighted by molar-refractivity contribution is -0.134. The second-order valence-electron chi connectivity index (χ2n) is 9.19. The molecule has 8 heteroatoms. The molecule has 0 unspecified atom stereocenters. The number of carbonyl (C=O) groups is 2. The van der Waals surface area contributed by atoms with Crippen LogP contribution in [0.5, 0.6) is 0 Å². The Kier molecular flexibility index (Phi) is 6.97. The molecule has 1 saturated heterocycles. The fourth-order valence-corrected chi connectivity index (χ4v) is 3.77. The average molecular weight is 429 g/mol. The van der Waals surface area contributed by atoms with Gasteiger partial charge in [0.1, 0.15) is 11.6 Å². The predicted octanol–water partition coefficient (Wildman–Crippen LogP) is 3.74. The van der Waals surface area contributed by atoms with E-state index in [0.29, 0.717) is 31.2 Å². The van der Waals surface area contributed by atoms with Crippen molar-refractivity contribution < 1.29 is 18.8 Å². The molecule has 1 aromatic heterocycles. The Balaban J connectivity index is 1.56. The monoisotopic (exact) mass is 428 g/mol. The molecule has 1 aliphatic heterocycles. The molecule has 1 fully saturated rings. The first-order valence-corrected chi connectivity index (χ1v) is 10.8. The number of amides is 2. The first-order valence-electron chi connectivity index (χ1n) is 10.8. The third kappa shape index (κ3) is 6.29. The molecule has 2 heterocycles. The smallest absolute Gasteiger partial charge is 0.408 e. The Hall–Kier alpha value is -2.90. The van der Waals surface area contributed by atoms with Gasteiger partial charge in [-0.15, -0.1) is 0 Å². The zero-order chi connectivity index (χ0) is 22.6. The topological polar surface area (TPSA) is 97.6 Å². The number of nitrogens with one attached hydrogen (secondary N) is 1. The number of hydrogen-bond donors (Lipinski definition) is 1. The van der Waals surface area contributed by atoms with E-state index in [-0.39, 0.29) is 11.8 Å². The van der Waals surface area contributed by atoms with Crippen LogP contribution in [0.15, 0.2) is 28.8 Å². The van der Waals surface area contributed by atoms with Crippen LogP contribution >= 0.6 is 0 Å². The van der Waals surface area contributed by atoms with E-state index < -0.39 is 17.7 Å². The van der Waals surface area contributed by atoms with E-state index in [1.807, 2.05) is 31.2 Å². The van der Waals surface area contributed by atoms with E-state index in [1.54, 1.807) is 32.6 Å². The number of likely N-dealkylation sites (tertiary alicyclic amines) is 1. The van der Waals surface area contributed by atoms with Crippen molar-refractivity contribution in [3.63, 3.8) is 0 Å². The Bertz CT molecular complexity index is 918. The fourth-order valence-electron chi connectivity index (χ4n) is 3.77. The Morgan fingerprint density at radius 2 is 2.06 bits per heavy atom. The highest BCUT2D eigenvalue weighted by atomic mass is 16.6. The molecule has 0 spiro atoms. The zero-order valence-electron chi connectivity index (χ0n) is 19.0. The molecule has 0 bridgehead atoms. The first kappa shape index (κ1) is 22.8. The summed E-state index contributed by atoms with van der Waals surface area (Å²) in [5.74, 6) is 1.29. The number of nitrogens with zero attached hydrogens (tertiary/aromatic N) is 3. The number of aryl methyl sites for hydroxylation is 1. The second kappa shape index (κ2) is 9.49. The summed E-state index contributed by atoms with van der Waals surface area (Å²) < 4.78 is 10.7. The molecule has 1 N–H and O–H groups in total. The van der Waals surface area contributed by atoms with E-state index in [2.05, 4.69) is 15.5 Å². The molecule has 0 saturated carbocycles. The number of carbonyl (C=O) groups excluding carboxylic acids is 2. The maximum absolute atomic E-state index is 12.8. The summed E-state index contributed by atoms with van der Waals surface area (Å²) in [6, 6.07) is 7.28. The Morgan fingerprint density at radius 3 is 2.77 bits per heavy atom. The van der Waals surface area contributed by atoms with Crippen LogP contribution < -0.4 is 5.32 Å². The van der Waals surface area contributed by atoms with Crippen molar-refractivity contribution in [2.45, 2.75) is 65.5 Å². The minimum Gasteiger partial charge on any atom is -0.444 e. The number of ether oxygens (including phenoxy) is 1. The van der Waals surface area contributed by atoms with E-state index in [9.17, 15) is 9.59 Å². The molecule has 2 atom stereocenters. The van der Waals surface area contributed by atoms with Gasteiger partial charge in [-0.25, -0.2) is 4.79 Å². The molecule has 2 aromatic rings. The fraction of sp³-hybridized carbons (Fsp3) is 0.565. The van der Waals surface area contributed by atoms with Crippen molar-refractivity contribution in [1.29, 1.82) is 0 Å². The van der Waals surface area contributed by atoms with Crippen LogP contribution in [0.4, 0.5) is 4.79 Å². The Morgan fingerprint density at radius 1 is 1.32 bits per heavy atom. The van der Waals surface area contributed by atoms with Crippen LogP contribution in [-0.2, 0) is 16.0 Å². The van der Waals surface area contributed by atoms with Gasteiger partial charge in [0.2, 0.25) is 17.6 Å². The van der Waals surface area contributed by atoms with E-state index >= 15 is 0 Å². The van der Waals surface area contributed by atoms with Crippen LogP contribution in [0.25, 0.3) is 11.4 Å².